The zero-order valence-electron chi connectivity index (χ0n) is 11.2. The molecule has 3 rings (SSSR count). The molecule has 0 aromatic heterocycles. The molecule has 0 radical (unpaired) electrons. The van der Waals surface area contributed by atoms with Crippen molar-refractivity contribution in [3.8, 4) is 0 Å². The molecule has 3 nitrogen and oxygen atoms in total. The summed E-state index contributed by atoms with van der Waals surface area (Å²) in [5.41, 5.74) is 2.75. The second-order valence-corrected chi connectivity index (χ2v) is 5.77. The maximum atomic E-state index is 11.8. The first-order valence-electron chi connectivity index (χ1n) is 7.35. The summed E-state index contributed by atoms with van der Waals surface area (Å²) in [7, 11) is 0. The largest absolute Gasteiger partial charge is 0.388 e. The van der Waals surface area contributed by atoms with Gasteiger partial charge in [0.1, 0.15) is 0 Å². The molecule has 2 aliphatic rings. The van der Waals surface area contributed by atoms with Gasteiger partial charge in [-0.25, -0.2) is 0 Å². The molecular formula is C16H21NO2. The van der Waals surface area contributed by atoms with Crippen LogP contribution in [0.5, 0.6) is 0 Å². The lowest BCUT2D eigenvalue weighted by Crippen LogP contribution is -2.32. The average Bonchev–Trinajstić information content (AvgIpc) is 2.47. The monoisotopic (exact) mass is 259 g/mol. The summed E-state index contributed by atoms with van der Waals surface area (Å²) in [6, 6.07) is 5.90. The van der Waals surface area contributed by atoms with E-state index >= 15 is 0 Å². The molecule has 1 atom stereocenters. The Labute approximate surface area is 114 Å². The van der Waals surface area contributed by atoms with E-state index in [1.165, 1.54) is 19.3 Å². The standard InChI is InChI=1S/C16H21NO2/c18-15(12-4-2-1-3-5-12)13-7-6-11-8-9-17-16(19)14(11)10-13/h6-7,10,12,15,18H,1-5,8-9H2,(H,17,19)/t15-/m1/s1. The van der Waals surface area contributed by atoms with Gasteiger partial charge in [-0.05, 0) is 42.4 Å². The summed E-state index contributed by atoms with van der Waals surface area (Å²) in [4.78, 5) is 11.8. The number of hydrogen-bond donors (Lipinski definition) is 2. The first-order valence-corrected chi connectivity index (χ1v) is 7.35. The molecule has 1 amide bonds. The van der Waals surface area contributed by atoms with Crippen LogP contribution in [-0.2, 0) is 6.42 Å². The van der Waals surface area contributed by atoms with Crippen molar-refractivity contribution >= 4 is 5.91 Å². The maximum Gasteiger partial charge on any atom is 0.251 e. The lowest BCUT2D eigenvalue weighted by atomic mass is 9.82. The van der Waals surface area contributed by atoms with Crippen molar-refractivity contribution in [2.45, 2.75) is 44.6 Å². The molecule has 0 unspecified atom stereocenters. The lowest BCUT2D eigenvalue weighted by molar-refractivity contribution is 0.0845. The molecular weight excluding hydrogens is 238 g/mol. The van der Waals surface area contributed by atoms with Crippen LogP contribution in [-0.4, -0.2) is 17.6 Å². The SMILES string of the molecule is O=C1NCCc2ccc([C@H](O)C3CCCCC3)cc21. The van der Waals surface area contributed by atoms with Gasteiger partial charge in [-0.3, -0.25) is 4.79 Å². The normalized spacial score (nSPS) is 21.6. The van der Waals surface area contributed by atoms with Gasteiger partial charge >= 0.3 is 0 Å². The summed E-state index contributed by atoms with van der Waals surface area (Å²) >= 11 is 0. The second kappa shape index (κ2) is 5.33. The highest BCUT2D eigenvalue weighted by Gasteiger charge is 2.25. The zero-order valence-corrected chi connectivity index (χ0v) is 11.2. The number of rotatable bonds is 2. The van der Waals surface area contributed by atoms with Crippen molar-refractivity contribution in [2.24, 2.45) is 5.92 Å². The van der Waals surface area contributed by atoms with Crippen LogP contribution in [0.25, 0.3) is 0 Å². The summed E-state index contributed by atoms with van der Waals surface area (Å²) in [5.74, 6) is 0.359. The van der Waals surface area contributed by atoms with E-state index in [1.807, 2.05) is 18.2 Å². The molecule has 19 heavy (non-hydrogen) atoms. The molecule has 0 saturated heterocycles. The summed E-state index contributed by atoms with van der Waals surface area (Å²) in [6.07, 6.45) is 6.40. The maximum absolute atomic E-state index is 11.8. The van der Waals surface area contributed by atoms with Crippen LogP contribution in [0.4, 0.5) is 0 Å². The minimum Gasteiger partial charge on any atom is -0.388 e. The highest BCUT2D eigenvalue weighted by atomic mass is 16.3. The number of amides is 1. The van der Waals surface area contributed by atoms with E-state index in [2.05, 4.69) is 5.32 Å². The van der Waals surface area contributed by atoms with E-state index in [9.17, 15) is 9.90 Å². The Morgan fingerprint density at radius 3 is 2.79 bits per heavy atom. The number of aliphatic hydroxyl groups is 1. The number of fused-ring (bicyclic) bond motifs is 1. The van der Waals surface area contributed by atoms with Crippen molar-refractivity contribution in [3.05, 3.63) is 34.9 Å². The van der Waals surface area contributed by atoms with Crippen LogP contribution < -0.4 is 5.32 Å². The van der Waals surface area contributed by atoms with Gasteiger partial charge in [0.2, 0.25) is 0 Å². The number of nitrogens with one attached hydrogen (secondary N) is 1. The van der Waals surface area contributed by atoms with Crippen molar-refractivity contribution in [1.82, 2.24) is 5.32 Å². The Bertz CT molecular complexity index is 478. The van der Waals surface area contributed by atoms with Gasteiger partial charge in [0.25, 0.3) is 5.91 Å². The number of carbonyl (C=O) groups is 1. The summed E-state index contributed by atoms with van der Waals surface area (Å²) in [5, 5.41) is 13.4. The quantitative estimate of drug-likeness (QED) is 0.857. The minimum atomic E-state index is -0.416. The second-order valence-electron chi connectivity index (χ2n) is 5.77. The molecule has 1 heterocycles. The molecule has 102 valence electrons. The topological polar surface area (TPSA) is 49.3 Å². The van der Waals surface area contributed by atoms with Crippen LogP contribution >= 0.6 is 0 Å². The van der Waals surface area contributed by atoms with E-state index in [4.69, 9.17) is 0 Å². The molecule has 0 spiro atoms. The predicted octanol–water partition coefficient (Wildman–Crippen LogP) is 2.59. The van der Waals surface area contributed by atoms with Gasteiger partial charge in [-0.15, -0.1) is 0 Å². The van der Waals surface area contributed by atoms with Gasteiger partial charge in [-0.1, -0.05) is 31.4 Å². The van der Waals surface area contributed by atoms with Gasteiger partial charge < -0.3 is 10.4 Å². The fourth-order valence-electron chi connectivity index (χ4n) is 3.34. The van der Waals surface area contributed by atoms with E-state index in [-0.39, 0.29) is 5.91 Å². The molecule has 1 aliphatic carbocycles. The minimum absolute atomic E-state index is 0.000978. The molecule has 2 N–H and O–H groups in total. The third kappa shape index (κ3) is 2.52. The molecule has 1 aliphatic heterocycles. The Morgan fingerprint density at radius 1 is 1.21 bits per heavy atom. The Hall–Kier alpha value is -1.35. The first-order chi connectivity index (χ1) is 9.25. The molecule has 1 aromatic carbocycles. The molecule has 0 bridgehead atoms. The first kappa shape index (κ1) is 12.7. The Kier molecular flexibility index (Phi) is 3.56. The van der Waals surface area contributed by atoms with Crippen LogP contribution in [0.15, 0.2) is 18.2 Å². The van der Waals surface area contributed by atoms with Crippen molar-refractivity contribution in [3.63, 3.8) is 0 Å². The molecule has 3 heteroatoms. The third-order valence-corrected chi connectivity index (χ3v) is 4.50. The van der Waals surface area contributed by atoms with E-state index in [0.717, 1.165) is 42.5 Å². The zero-order chi connectivity index (χ0) is 13.2. The number of aliphatic hydroxyl groups excluding tert-OH is 1. The van der Waals surface area contributed by atoms with Crippen LogP contribution in [0.3, 0.4) is 0 Å². The highest BCUT2D eigenvalue weighted by molar-refractivity contribution is 5.96. The predicted molar refractivity (Wildman–Crippen MR) is 74.0 cm³/mol. The highest BCUT2D eigenvalue weighted by Crippen LogP contribution is 2.35. The van der Waals surface area contributed by atoms with E-state index in [1.54, 1.807) is 0 Å². The fourth-order valence-corrected chi connectivity index (χ4v) is 3.34. The van der Waals surface area contributed by atoms with Crippen LogP contribution in [0.2, 0.25) is 0 Å². The van der Waals surface area contributed by atoms with Crippen molar-refractivity contribution in [1.29, 1.82) is 0 Å². The molecule has 1 aromatic rings. The Balaban J connectivity index is 1.84. The molecule has 1 saturated carbocycles. The van der Waals surface area contributed by atoms with Gasteiger partial charge in [-0.2, -0.15) is 0 Å². The lowest BCUT2D eigenvalue weighted by Gasteiger charge is -2.27. The molecule has 1 fully saturated rings. The summed E-state index contributed by atoms with van der Waals surface area (Å²) in [6.45, 7) is 0.719. The number of carbonyl (C=O) groups excluding carboxylic acids is 1. The van der Waals surface area contributed by atoms with Crippen molar-refractivity contribution < 1.29 is 9.90 Å². The average molecular weight is 259 g/mol. The van der Waals surface area contributed by atoms with Crippen LogP contribution in [0.1, 0.15) is 59.7 Å². The third-order valence-electron chi connectivity index (χ3n) is 4.50. The Morgan fingerprint density at radius 2 is 2.00 bits per heavy atom. The smallest absolute Gasteiger partial charge is 0.251 e. The van der Waals surface area contributed by atoms with E-state index in [0.29, 0.717) is 5.92 Å². The fraction of sp³-hybridized carbons (Fsp3) is 0.562. The number of benzene rings is 1. The van der Waals surface area contributed by atoms with Crippen molar-refractivity contribution in [2.75, 3.05) is 6.54 Å². The van der Waals surface area contributed by atoms with Crippen LogP contribution in [0, 0.1) is 5.92 Å². The number of hydrogen-bond acceptors (Lipinski definition) is 2. The van der Waals surface area contributed by atoms with Gasteiger partial charge in [0.05, 0.1) is 6.10 Å². The van der Waals surface area contributed by atoms with Gasteiger partial charge in [0.15, 0.2) is 0 Å². The summed E-state index contributed by atoms with van der Waals surface area (Å²) < 4.78 is 0. The van der Waals surface area contributed by atoms with Gasteiger partial charge in [0, 0.05) is 12.1 Å². The van der Waals surface area contributed by atoms with E-state index < -0.39 is 6.10 Å².